The minimum Gasteiger partial charge on any atom is -0.320 e. The summed E-state index contributed by atoms with van der Waals surface area (Å²) in [4.78, 5) is 14.0. The number of hydrogen-bond donors (Lipinski definition) is 2. The lowest BCUT2D eigenvalue weighted by molar-refractivity contribution is -0.129. The van der Waals surface area contributed by atoms with Crippen molar-refractivity contribution in [1.82, 2.24) is 15.3 Å². The summed E-state index contributed by atoms with van der Waals surface area (Å²) in [6, 6.07) is -0.398. The first-order valence-corrected chi connectivity index (χ1v) is 6.04. The van der Waals surface area contributed by atoms with Crippen LogP contribution < -0.4 is 11.2 Å². The highest BCUT2D eigenvalue weighted by Gasteiger charge is 2.22. The van der Waals surface area contributed by atoms with E-state index < -0.39 is 6.04 Å². The normalized spacial score (nSPS) is 22.8. The maximum atomic E-state index is 11.8. The molecule has 0 aliphatic carbocycles. The predicted molar refractivity (Wildman–Crippen MR) is 64.6 cm³/mol. The Kier molecular flexibility index (Phi) is 5.18. The van der Waals surface area contributed by atoms with Gasteiger partial charge in [-0.15, -0.1) is 0 Å². The number of rotatable bonds is 4. The molecule has 1 saturated heterocycles. The van der Waals surface area contributed by atoms with Crippen LogP contribution in [-0.4, -0.2) is 55.1 Å². The van der Waals surface area contributed by atoms with E-state index in [1.165, 1.54) is 0 Å². The van der Waals surface area contributed by atoms with Crippen molar-refractivity contribution < 1.29 is 4.79 Å². The van der Waals surface area contributed by atoms with Gasteiger partial charge < -0.3 is 10.6 Å². The first-order valence-electron chi connectivity index (χ1n) is 6.04. The van der Waals surface area contributed by atoms with Gasteiger partial charge in [-0.3, -0.25) is 10.2 Å². The molecule has 1 aliphatic rings. The van der Waals surface area contributed by atoms with E-state index in [9.17, 15) is 4.79 Å². The molecule has 3 N–H and O–H groups in total. The number of carbonyl (C=O) groups excluding carboxylic acids is 1. The third-order valence-corrected chi connectivity index (χ3v) is 3.33. The molecule has 0 aromatic rings. The van der Waals surface area contributed by atoms with Crippen LogP contribution in [0.4, 0.5) is 0 Å². The molecule has 16 heavy (non-hydrogen) atoms. The Hall–Kier alpha value is -0.650. The number of nitrogens with zero attached hydrogens (tertiary/aromatic N) is 2. The Bertz CT molecular complexity index is 226. The summed E-state index contributed by atoms with van der Waals surface area (Å²) in [7, 11) is 2.09. The standard InChI is InChI=1S/C11H24N4O/c1-4-9(2)10(12)11(16)13-15-7-5-14(3)6-8-15/h9-10H,4-8,12H2,1-3H3,(H,13,16)/t9-,10-/m0/s1. The van der Waals surface area contributed by atoms with E-state index in [2.05, 4.69) is 17.4 Å². The smallest absolute Gasteiger partial charge is 0.251 e. The Morgan fingerprint density at radius 1 is 1.38 bits per heavy atom. The Morgan fingerprint density at radius 3 is 2.44 bits per heavy atom. The Labute approximate surface area is 97.9 Å². The van der Waals surface area contributed by atoms with Gasteiger partial charge in [0.1, 0.15) is 0 Å². The average Bonchev–Trinajstić information content (AvgIpc) is 2.30. The van der Waals surface area contributed by atoms with E-state index in [-0.39, 0.29) is 11.8 Å². The molecule has 1 heterocycles. The van der Waals surface area contributed by atoms with Gasteiger partial charge in [-0.2, -0.15) is 0 Å². The lowest BCUT2D eigenvalue weighted by atomic mass is 10.00. The molecular weight excluding hydrogens is 204 g/mol. The first kappa shape index (κ1) is 13.4. The summed E-state index contributed by atoms with van der Waals surface area (Å²) in [5, 5.41) is 1.96. The van der Waals surface area contributed by atoms with E-state index in [4.69, 9.17) is 5.73 Å². The monoisotopic (exact) mass is 228 g/mol. The van der Waals surface area contributed by atoms with Crippen molar-refractivity contribution in [1.29, 1.82) is 0 Å². The number of nitrogens with two attached hydrogens (primary N) is 1. The third-order valence-electron chi connectivity index (χ3n) is 3.33. The molecule has 0 saturated carbocycles. The second-order valence-electron chi connectivity index (χ2n) is 4.68. The second kappa shape index (κ2) is 6.18. The van der Waals surface area contributed by atoms with Crippen LogP contribution in [0.1, 0.15) is 20.3 Å². The Balaban J connectivity index is 2.33. The van der Waals surface area contributed by atoms with Crippen LogP contribution in [-0.2, 0) is 4.79 Å². The van der Waals surface area contributed by atoms with Crippen molar-refractivity contribution in [3.63, 3.8) is 0 Å². The summed E-state index contributed by atoms with van der Waals surface area (Å²) in [5.74, 6) is 0.173. The molecule has 0 bridgehead atoms. The summed E-state index contributed by atoms with van der Waals surface area (Å²) >= 11 is 0. The van der Waals surface area contributed by atoms with E-state index in [1.54, 1.807) is 0 Å². The van der Waals surface area contributed by atoms with E-state index in [0.29, 0.717) is 0 Å². The highest BCUT2D eigenvalue weighted by Crippen LogP contribution is 2.05. The van der Waals surface area contributed by atoms with Crippen LogP contribution in [0.5, 0.6) is 0 Å². The molecule has 0 unspecified atom stereocenters. The van der Waals surface area contributed by atoms with Gasteiger partial charge in [0, 0.05) is 26.2 Å². The van der Waals surface area contributed by atoms with Gasteiger partial charge >= 0.3 is 0 Å². The third kappa shape index (κ3) is 3.73. The molecule has 0 spiro atoms. The Morgan fingerprint density at radius 2 is 1.94 bits per heavy atom. The minimum absolute atomic E-state index is 0.0566. The number of carbonyl (C=O) groups is 1. The van der Waals surface area contributed by atoms with E-state index >= 15 is 0 Å². The number of hydrazine groups is 1. The van der Waals surface area contributed by atoms with Crippen LogP contribution in [0.3, 0.4) is 0 Å². The molecule has 1 amide bonds. The average molecular weight is 228 g/mol. The van der Waals surface area contributed by atoms with Gasteiger partial charge in [0.25, 0.3) is 5.91 Å². The largest absolute Gasteiger partial charge is 0.320 e. The number of hydrogen-bond acceptors (Lipinski definition) is 4. The van der Waals surface area contributed by atoms with E-state index in [0.717, 1.165) is 32.6 Å². The SMILES string of the molecule is CC[C@H](C)[C@H](N)C(=O)NN1CCN(C)CC1. The fraction of sp³-hybridized carbons (Fsp3) is 0.909. The molecule has 1 rings (SSSR count). The molecule has 0 aromatic heterocycles. The molecule has 0 aromatic carbocycles. The molecule has 0 radical (unpaired) electrons. The number of nitrogens with one attached hydrogen (secondary N) is 1. The lowest BCUT2D eigenvalue weighted by Crippen LogP contribution is -2.56. The molecule has 1 fully saturated rings. The number of likely N-dealkylation sites (N-methyl/N-ethyl adjacent to an activating group) is 1. The fourth-order valence-electron chi connectivity index (χ4n) is 1.66. The topological polar surface area (TPSA) is 61.6 Å². The molecule has 1 aliphatic heterocycles. The molecule has 5 heteroatoms. The van der Waals surface area contributed by atoms with Gasteiger partial charge in [-0.25, -0.2) is 5.01 Å². The maximum Gasteiger partial charge on any atom is 0.251 e. The van der Waals surface area contributed by atoms with Gasteiger partial charge in [0.15, 0.2) is 0 Å². The van der Waals surface area contributed by atoms with Crippen LogP contribution in [0.15, 0.2) is 0 Å². The number of amides is 1. The van der Waals surface area contributed by atoms with E-state index in [1.807, 2.05) is 18.9 Å². The summed E-state index contributed by atoms with van der Waals surface area (Å²) in [5.41, 5.74) is 8.76. The zero-order chi connectivity index (χ0) is 12.1. The fourth-order valence-corrected chi connectivity index (χ4v) is 1.66. The van der Waals surface area contributed by atoms with Gasteiger partial charge in [0.2, 0.25) is 0 Å². The van der Waals surface area contributed by atoms with Crippen molar-refractivity contribution in [3.8, 4) is 0 Å². The van der Waals surface area contributed by atoms with Crippen LogP contribution >= 0.6 is 0 Å². The van der Waals surface area contributed by atoms with Gasteiger partial charge in [-0.1, -0.05) is 20.3 Å². The summed E-state index contributed by atoms with van der Waals surface area (Å²) in [6.07, 6.45) is 0.928. The summed E-state index contributed by atoms with van der Waals surface area (Å²) in [6.45, 7) is 7.77. The molecule has 94 valence electrons. The number of piperazine rings is 1. The van der Waals surface area contributed by atoms with Crippen LogP contribution in [0.2, 0.25) is 0 Å². The zero-order valence-corrected chi connectivity index (χ0v) is 10.6. The second-order valence-corrected chi connectivity index (χ2v) is 4.68. The molecule has 2 atom stereocenters. The van der Waals surface area contributed by atoms with Crippen molar-refractivity contribution in [3.05, 3.63) is 0 Å². The maximum absolute atomic E-state index is 11.8. The van der Waals surface area contributed by atoms with Crippen molar-refractivity contribution in [2.24, 2.45) is 11.7 Å². The van der Waals surface area contributed by atoms with Crippen molar-refractivity contribution >= 4 is 5.91 Å². The predicted octanol–water partition coefficient (Wildman–Crippen LogP) is -0.362. The van der Waals surface area contributed by atoms with Crippen LogP contribution in [0, 0.1) is 5.92 Å². The highest BCUT2D eigenvalue weighted by atomic mass is 16.2. The summed E-state index contributed by atoms with van der Waals surface area (Å²) < 4.78 is 0. The minimum atomic E-state index is -0.398. The zero-order valence-electron chi connectivity index (χ0n) is 10.6. The lowest BCUT2D eigenvalue weighted by Gasteiger charge is -2.33. The van der Waals surface area contributed by atoms with Crippen LogP contribution in [0.25, 0.3) is 0 Å². The van der Waals surface area contributed by atoms with Crippen molar-refractivity contribution in [2.45, 2.75) is 26.3 Å². The van der Waals surface area contributed by atoms with Gasteiger partial charge in [-0.05, 0) is 13.0 Å². The first-order chi connectivity index (χ1) is 7.54. The quantitative estimate of drug-likeness (QED) is 0.690. The molecular formula is C11H24N4O. The van der Waals surface area contributed by atoms with Crippen molar-refractivity contribution in [2.75, 3.05) is 33.2 Å². The van der Waals surface area contributed by atoms with Gasteiger partial charge in [0.05, 0.1) is 6.04 Å². The highest BCUT2D eigenvalue weighted by molar-refractivity contribution is 5.81. The molecule has 5 nitrogen and oxygen atoms in total.